The maximum absolute atomic E-state index is 14.0. The van der Waals surface area contributed by atoms with E-state index in [1.165, 1.54) is 11.2 Å². The van der Waals surface area contributed by atoms with Gasteiger partial charge in [-0.25, -0.2) is 14.4 Å². The van der Waals surface area contributed by atoms with Crippen molar-refractivity contribution in [2.24, 2.45) is 0 Å². The second-order valence-electron chi connectivity index (χ2n) is 8.03. The van der Waals surface area contributed by atoms with Crippen LogP contribution in [0.15, 0.2) is 36.7 Å². The highest BCUT2D eigenvalue weighted by atomic mass is 35.5. The predicted molar refractivity (Wildman–Crippen MR) is 132 cm³/mol. The fourth-order valence-corrected chi connectivity index (χ4v) is 5.52. The van der Waals surface area contributed by atoms with Crippen molar-refractivity contribution in [2.45, 2.75) is 33.6 Å². The molecule has 0 saturated carbocycles. The highest BCUT2D eigenvalue weighted by molar-refractivity contribution is 7.19. The summed E-state index contributed by atoms with van der Waals surface area (Å²) >= 11 is 8.04. The minimum absolute atomic E-state index is 0.123. The predicted octanol–water partition coefficient (Wildman–Crippen LogP) is 6.36. The minimum atomic E-state index is -0.923. The van der Waals surface area contributed by atoms with Crippen molar-refractivity contribution in [3.63, 3.8) is 0 Å². The summed E-state index contributed by atoms with van der Waals surface area (Å²) in [7, 11) is 0. The first-order chi connectivity index (χ1) is 15.7. The quantitative estimate of drug-likeness (QED) is 0.320. The lowest BCUT2D eigenvalue weighted by molar-refractivity contribution is -0.136. The van der Waals surface area contributed by atoms with Crippen LogP contribution < -0.4 is 5.32 Å². The Balaban J connectivity index is 1.52. The summed E-state index contributed by atoms with van der Waals surface area (Å²) < 4.78 is 15.1. The normalized spacial score (nSPS) is 11.2. The summed E-state index contributed by atoms with van der Waals surface area (Å²) in [5.74, 6) is -0.466. The van der Waals surface area contributed by atoms with Gasteiger partial charge in [-0.2, -0.15) is 0 Å². The number of hydrogen-bond acceptors (Lipinski definition) is 5. The van der Waals surface area contributed by atoms with Crippen LogP contribution in [0.3, 0.4) is 0 Å². The number of aryl methyl sites for hydroxylation is 3. The Bertz CT molecular complexity index is 1350. The average molecular weight is 484 g/mol. The first-order valence-corrected chi connectivity index (χ1v) is 11.7. The van der Waals surface area contributed by atoms with Crippen LogP contribution in [0.25, 0.3) is 21.3 Å². The summed E-state index contributed by atoms with van der Waals surface area (Å²) in [6.45, 7) is 6.48. The van der Waals surface area contributed by atoms with Gasteiger partial charge in [0.1, 0.15) is 18.0 Å². The molecule has 0 aliphatic carbocycles. The SMILES string of the molecule is Cc1cc(-c2cc(NCCc3c(C)sc4c(C)cc(F)cc34)ncn2)cc(Cl)c1CC(=O)O. The number of rotatable bonds is 7. The molecule has 2 aromatic heterocycles. The Hall–Kier alpha value is -3.03. The molecule has 0 aliphatic heterocycles. The maximum Gasteiger partial charge on any atom is 0.307 e. The molecule has 0 fully saturated rings. The number of nitrogens with one attached hydrogen (secondary N) is 1. The maximum atomic E-state index is 14.0. The van der Waals surface area contributed by atoms with Crippen molar-refractivity contribution in [1.82, 2.24) is 9.97 Å². The number of carboxylic acid groups (broad SMARTS) is 1. The number of hydrogen-bond donors (Lipinski definition) is 2. The third-order valence-corrected chi connectivity index (χ3v) is 7.27. The summed E-state index contributed by atoms with van der Waals surface area (Å²) in [6, 6.07) is 8.64. The molecule has 4 rings (SSSR count). The first kappa shape index (κ1) is 23.1. The highest BCUT2D eigenvalue weighted by Gasteiger charge is 2.14. The van der Waals surface area contributed by atoms with Gasteiger partial charge < -0.3 is 10.4 Å². The molecule has 170 valence electrons. The first-order valence-electron chi connectivity index (χ1n) is 10.5. The van der Waals surface area contributed by atoms with E-state index in [2.05, 4.69) is 22.2 Å². The van der Waals surface area contributed by atoms with Crippen molar-refractivity contribution >= 4 is 44.8 Å². The molecular weight excluding hydrogens is 461 g/mol. The fraction of sp³-hybridized carbons (Fsp3) is 0.240. The van der Waals surface area contributed by atoms with Gasteiger partial charge in [0, 0.05) is 32.8 Å². The zero-order chi connectivity index (χ0) is 23.7. The van der Waals surface area contributed by atoms with Crippen LogP contribution in [0, 0.1) is 26.6 Å². The molecule has 2 heterocycles. The second kappa shape index (κ2) is 9.45. The lowest BCUT2D eigenvalue weighted by atomic mass is 10.0. The topological polar surface area (TPSA) is 75.1 Å². The van der Waals surface area contributed by atoms with Crippen molar-refractivity contribution < 1.29 is 14.3 Å². The molecule has 4 aromatic rings. The van der Waals surface area contributed by atoms with Crippen LogP contribution in [0.5, 0.6) is 0 Å². The molecule has 0 atom stereocenters. The zero-order valence-electron chi connectivity index (χ0n) is 18.5. The van der Waals surface area contributed by atoms with E-state index in [9.17, 15) is 9.18 Å². The molecule has 33 heavy (non-hydrogen) atoms. The van der Waals surface area contributed by atoms with Crippen LogP contribution in [0.4, 0.5) is 10.2 Å². The summed E-state index contributed by atoms with van der Waals surface area (Å²) in [6.07, 6.45) is 2.10. The third kappa shape index (κ3) is 4.99. The lowest BCUT2D eigenvalue weighted by Crippen LogP contribution is -2.07. The Labute approximate surface area is 200 Å². The standard InChI is InChI=1S/C25H23ClFN3O2S/c1-13-6-16(8-21(26)19(13)10-24(31)32)22-11-23(30-12-29-22)28-5-4-18-15(3)33-25-14(2)7-17(27)9-20(18)25/h6-9,11-12H,4-5,10H2,1-3H3,(H,31,32)(H,28,29,30). The summed E-state index contributed by atoms with van der Waals surface area (Å²) in [4.78, 5) is 20.9. The van der Waals surface area contributed by atoms with Crippen molar-refractivity contribution in [3.8, 4) is 11.3 Å². The molecule has 0 saturated heterocycles. The molecule has 8 heteroatoms. The summed E-state index contributed by atoms with van der Waals surface area (Å²) in [5, 5.41) is 13.8. The number of thiophene rings is 1. The molecule has 0 amide bonds. The van der Waals surface area contributed by atoms with Gasteiger partial charge in [-0.3, -0.25) is 4.79 Å². The van der Waals surface area contributed by atoms with E-state index in [4.69, 9.17) is 16.7 Å². The van der Waals surface area contributed by atoms with E-state index in [-0.39, 0.29) is 12.2 Å². The number of carbonyl (C=O) groups is 1. The Morgan fingerprint density at radius 2 is 1.88 bits per heavy atom. The molecule has 5 nitrogen and oxygen atoms in total. The Morgan fingerprint density at radius 1 is 1.09 bits per heavy atom. The zero-order valence-corrected chi connectivity index (χ0v) is 20.1. The van der Waals surface area contributed by atoms with Gasteiger partial charge in [0.25, 0.3) is 0 Å². The van der Waals surface area contributed by atoms with E-state index in [0.29, 0.717) is 28.6 Å². The number of halogens is 2. The van der Waals surface area contributed by atoms with Crippen molar-refractivity contribution in [1.29, 1.82) is 0 Å². The number of aromatic nitrogens is 2. The largest absolute Gasteiger partial charge is 0.481 e. The van der Waals surface area contributed by atoms with E-state index in [0.717, 1.165) is 38.8 Å². The number of carboxylic acids is 1. The Morgan fingerprint density at radius 3 is 2.61 bits per heavy atom. The van der Waals surface area contributed by atoms with Crippen LogP contribution in [0.1, 0.15) is 27.1 Å². The number of fused-ring (bicyclic) bond motifs is 1. The van der Waals surface area contributed by atoms with Gasteiger partial charge >= 0.3 is 5.97 Å². The van der Waals surface area contributed by atoms with Crippen LogP contribution in [0.2, 0.25) is 5.02 Å². The van der Waals surface area contributed by atoms with E-state index in [1.807, 2.05) is 26.0 Å². The lowest BCUT2D eigenvalue weighted by Gasteiger charge is -2.11. The summed E-state index contributed by atoms with van der Waals surface area (Å²) in [5.41, 5.74) is 4.99. The van der Waals surface area contributed by atoms with Gasteiger partial charge in [0.15, 0.2) is 0 Å². The fourth-order valence-electron chi connectivity index (χ4n) is 4.03. The number of nitrogens with zero attached hydrogens (tertiary/aromatic N) is 2. The van der Waals surface area contributed by atoms with Crippen LogP contribution >= 0.6 is 22.9 Å². The van der Waals surface area contributed by atoms with Crippen molar-refractivity contribution in [3.05, 3.63) is 74.6 Å². The van der Waals surface area contributed by atoms with Gasteiger partial charge in [-0.1, -0.05) is 11.6 Å². The van der Waals surface area contributed by atoms with E-state index < -0.39 is 5.97 Å². The molecule has 0 radical (unpaired) electrons. The smallest absolute Gasteiger partial charge is 0.307 e. The Kier molecular flexibility index (Phi) is 6.63. The average Bonchev–Trinajstić information content (AvgIpc) is 3.06. The van der Waals surface area contributed by atoms with Crippen molar-refractivity contribution in [2.75, 3.05) is 11.9 Å². The van der Waals surface area contributed by atoms with Gasteiger partial charge in [-0.15, -0.1) is 11.3 Å². The van der Waals surface area contributed by atoms with E-state index >= 15 is 0 Å². The molecule has 2 aromatic carbocycles. The molecule has 0 unspecified atom stereocenters. The number of benzene rings is 2. The monoisotopic (exact) mass is 483 g/mol. The number of anilines is 1. The molecule has 0 bridgehead atoms. The second-order valence-corrected chi connectivity index (χ2v) is 9.66. The molecule has 0 aliphatic rings. The minimum Gasteiger partial charge on any atom is -0.481 e. The molecule has 0 spiro atoms. The van der Waals surface area contributed by atoms with Gasteiger partial charge in [0.2, 0.25) is 0 Å². The number of aliphatic carboxylic acids is 1. The van der Waals surface area contributed by atoms with E-state index in [1.54, 1.807) is 29.5 Å². The highest BCUT2D eigenvalue weighted by Crippen LogP contribution is 2.34. The van der Waals surface area contributed by atoms with Crippen LogP contribution in [-0.4, -0.2) is 27.6 Å². The molecular formula is C25H23ClFN3O2S. The van der Waals surface area contributed by atoms with Gasteiger partial charge in [0.05, 0.1) is 12.1 Å². The molecule has 2 N–H and O–H groups in total. The third-order valence-electron chi connectivity index (χ3n) is 5.64. The van der Waals surface area contributed by atoms with Gasteiger partial charge in [-0.05, 0) is 79.1 Å². The van der Waals surface area contributed by atoms with Crippen LogP contribution in [-0.2, 0) is 17.6 Å².